The maximum absolute atomic E-state index is 12.2. The van der Waals surface area contributed by atoms with Crippen molar-refractivity contribution in [3.63, 3.8) is 0 Å². The number of hydrogen-bond donors (Lipinski definition) is 0. The van der Waals surface area contributed by atoms with Gasteiger partial charge in [-0.1, -0.05) is 6.07 Å². The van der Waals surface area contributed by atoms with Crippen molar-refractivity contribution < 1.29 is 4.74 Å². The number of ether oxygens (including phenoxy) is 1. The summed E-state index contributed by atoms with van der Waals surface area (Å²) in [6.45, 7) is 4.22. The van der Waals surface area contributed by atoms with E-state index in [4.69, 9.17) is 4.74 Å². The summed E-state index contributed by atoms with van der Waals surface area (Å²) in [6, 6.07) is 5.77. The molecule has 0 aromatic carbocycles. The Bertz CT molecular complexity index is 729. The number of piperidine rings is 1. The van der Waals surface area contributed by atoms with E-state index in [0.29, 0.717) is 24.2 Å². The fourth-order valence-electron chi connectivity index (χ4n) is 2.90. The monoisotopic (exact) mass is 314 g/mol. The smallest absolute Gasteiger partial charge is 0.293 e. The van der Waals surface area contributed by atoms with Crippen LogP contribution in [0.3, 0.4) is 0 Å². The summed E-state index contributed by atoms with van der Waals surface area (Å²) >= 11 is 0. The van der Waals surface area contributed by atoms with Crippen molar-refractivity contribution >= 4 is 5.82 Å². The minimum absolute atomic E-state index is 0.0468. The second-order valence-corrected chi connectivity index (χ2v) is 6.05. The molecule has 6 nitrogen and oxygen atoms in total. The Hall–Kier alpha value is -2.37. The summed E-state index contributed by atoms with van der Waals surface area (Å²) in [7, 11) is 1.75. The van der Waals surface area contributed by atoms with Crippen LogP contribution in [-0.4, -0.2) is 34.2 Å². The molecule has 0 aliphatic carbocycles. The van der Waals surface area contributed by atoms with E-state index in [0.717, 1.165) is 31.6 Å². The Labute approximate surface area is 135 Å². The fourth-order valence-corrected chi connectivity index (χ4v) is 2.90. The lowest BCUT2D eigenvalue weighted by atomic mass is 9.99. The van der Waals surface area contributed by atoms with Gasteiger partial charge in [0.05, 0.1) is 6.61 Å². The highest BCUT2D eigenvalue weighted by Gasteiger charge is 2.23. The number of pyridine rings is 1. The molecule has 122 valence electrons. The van der Waals surface area contributed by atoms with Crippen LogP contribution in [0.1, 0.15) is 18.5 Å². The van der Waals surface area contributed by atoms with Gasteiger partial charge >= 0.3 is 0 Å². The van der Waals surface area contributed by atoms with E-state index in [1.165, 1.54) is 0 Å². The van der Waals surface area contributed by atoms with Crippen molar-refractivity contribution in [2.75, 3.05) is 24.6 Å². The number of nitrogens with zero attached hydrogens (tertiary/aromatic N) is 4. The molecule has 1 aliphatic heterocycles. The Kier molecular flexibility index (Phi) is 4.60. The number of rotatable bonds is 4. The minimum Gasteiger partial charge on any atom is -0.477 e. The number of hydrogen-bond acceptors (Lipinski definition) is 5. The summed E-state index contributed by atoms with van der Waals surface area (Å²) in [5, 5.41) is 0. The highest BCUT2D eigenvalue weighted by atomic mass is 16.5. The molecule has 0 saturated carbocycles. The molecule has 2 aromatic heterocycles. The molecule has 1 saturated heterocycles. The van der Waals surface area contributed by atoms with E-state index in [1.54, 1.807) is 24.0 Å². The van der Waals surface area contributed by atoms with Crippen LogP contribution in [0.15, 0.2) is 35.4 Å². The summed E-state index contributed by atoms with van der Waals surface area (Å²) in [5.41, 5.74) is 0.902. The minimum atomic E-state index is -0.0468. The normalized spacial score (nSPS) is 18.0. The number of anilines is 1. The first kappa shape index (κ1) is 15.5. The highest BCUT2D eigenvalue weighted by molar-refractivity contribution is 5.36. The lowest BCUT2D eigenvalue weighted by Crippen LogP contribution is -2.41. The van der Waals surface area contributed by atoms with Crippen molar-refractivity contribution in [2.45, 2.75) is 19.8 Å². The molecule has 0 bridgehead atoms. The van der Waals surface area contributed by atoms with Crippen molar-refractivity contribution in [2.24, 2.45) is 13.0 Å². The van der Waals surface area contributed by atoms with Crippen LogP contribution >= 0.6 is 0 Å². The average molecular weight is 314 g/mol. The number of aryl methyl sites for hydroxylation is 2. The maximum atomic E-state index is 12.2. The Balaban J connectivity index is 1.64. The molecular weight excluding hydrogens is 292 g/mol. The third kappa shape index (κ3) is 3.70. The van der Waals surface area contributed by atoms with Gasteiger partial charge in [0.15, 0.2) is 5.82 Å². The summed E-state index contributed by atoms with van der Waals surface area (Å²) in [6.07, 6.45) is 5.48. The molecule has 1 fully saturated rings. The Morgan fingerprint density at radius 1 is 1.39 bits per heavy atom. The van der Waals surface area contributed by atoms with Crippen LogP contribution < -0.4 is 15.2 Å². The van der Waals surface area contributed by atoms with Crippen LogP contribution in [0, 0.1) is 12.8 Å². The summed E-state index contributed by atoms with van der Waals surface area (Å²) in [5.74, 6) is 1.57. The molecule has 23 heavy (non-hydrogen) atoms. The lowest BCUT2D eigenvalue weighted by molar-refractivity contribution is 0.221. The topological polar surface area (TPSA) is 60.2 Å². The van der Waals surface area contributed by atoms with E-state index >= 15 is 0 Å². The molecule has 3 heterocycles. The van der Waals surface area contributed by atoms with Gasteiger partial charge in [-0.2, -0.15) is 0 Å². The maximum Gasteiger partial charge on any atom is 0.293 e. The second kappa shape index (κ2) is 6.81. The van der Waals surface area contributed by atoms with Gasteiger partial charge < -0.3 is 14.2 Å². The summed E-state index contributed by atoms with van der Waals surface area (Å²) < 4.78 is 7.39. The van der Waals surface area contributed by atoms with Crippen LogP contribution in [0.5, 0.6) is 5.88 Å². The third-order valence-electron chi connectivity index (χ3n) is 4.15. The molecule has 6 heteroatoms. The van der Waals surface area contributed by atoms with Crippen molar-refractivity contribution in [3.8, 4) is 5.88 Å². The Morgan fingerprint density at radius 2 is 2.26 bits per heavy atom. The van der Waals surface area contributed by atoms with Gasteiger partial charge in [-0.3, -0.25) is 4.79 Å². The first-order chi connectivity index (χ1) is 11.1. The lowest BCUT2D eigenvalue weighted by Gasteiger charge is -2.32. The molecule has 0 radical (unpaired) electrons. The van der Waals surface area contributed by atoms with Gasteiger partial charge in [0.25, 0.3) is 5.56 Å². The Morgan fingerprint density at radius 3 is 3.09 bits per heavy atom. The van der Waals surface area contributed by atoms with Gasteiger partial charge in [-0.05, 0) is 25.8 Å². The predicted molar refractivity (Wildman–Crippen MR) is 88.9 cm³/mol. The standard InChI is InChI=1S/C17H22N4O2/c1-13-5-3-7-15(19-13)23-12-14-6-4-9-21(11-14)16-17(22)20(2)10-8-18-16/h3,5,7-8,10,14H,4,6,9,11-12H2,1-2H3. The van der Waals surface area contributed by atoms with E-state index in [-0.39, 0.29) is 5.56 Å². The van der Waals surface area contributed by atoms with Gasteiger partial charge in [-0.15, -0.1) is 0 Å². The van der Waals surface area contributed by atoms with Gasteiger partial charge in [-0.25, -0.2) is 9.97 Å². The van der Waals surface area contributed by atoms with Crippen molar-refractivity contribution in [3.05, 3.63) is 46.6 Å². The van der Waals surface area contributed by atoms with Crippen LogP contribution in [-0.2, 0) is 7.05 Å². The molecule has 1 unspecified atom stereocenters. The third-order valence-corrected chi connectivity index (χ3v) is 4.15. The molecule has 0 spiro atoms. The predicted octanol–water partition coefficient (Wildman–Crippen LogP) is 1.78. The van der Waals surface area contributed by atoms with Crippen LogP contribution in [0.25, 0.3) is 0 Å². The molecule has 0 amide bonds. The van der Waals surface area contributed by atoms with Gasteiger partial charge in [0.2, 0.25) is 5.88 Å². The number of aromatic nitrogens is 3. The van der Waals surface area contributed by atoms with Crippen LogP contribution in [0.2, 0.25) is 0 Å². The van der Waals surface area contributed by atoms with Crippen LogP contribution in [0.4, 0.5) is 5.82 Å². The van der Waals surface area contributed by atoms with E-state index in [1.807, 2.05) is 25.1 Å². The average Bonchev–Trinajstić information content (AvgIpc) is 2.56. The zero-order chi connectivity index (χ0) is 16.2. The molecule has 0 N–H and O–H groups in total. The zero-order valence-electron chi connectivity index (χ0n) is 13.6. The fraction of sp³-hybridized carbons (Fsp3) is 0.471. The highest BCUT2D eigenvalue weighted by Crippen LogP contribution is 2.20. The van der Waals surface area contributed by atoms with E-state index < -0.39 is 0 Å². The summed E-state index contributed by atoms with van der Waals surface area (Å²) in [4.78, 5) is 22.9. The molecular formula is C17H22N4O2. The molecule has 1 aliphatic rings. The molecule has 3 rings (SSSR count). The van der Waals surface area contributed by atoms with Crippen molar-refractivity contribution in [1.82, 2.24) is 14.5 Å². The van der Waals surface area contributed by atoms with E-state index in [2.05, 4.69) is 14.9 Å². The molecule has 1 atom stereocenters. The van der Waals surface area contributed by atoms with Gasteiger partial charge in [0, 0.05) is 50.2 Å². The van der Waals surface area contributed by atoms with Crippen molar-refractivity contribution in [1.29, 1.82) is 0 Å². The SMILES string of the molecule is Cc1cccc(OCC2CCCN(c3nccn(C)c3=O)C2)n1. The second-order valence-electron chi connectivity index (χ2n) is 6.05. The molecule has 2 aromatic rings. The van der Waals surface area contributed by atoms with E-state index in [9.17, 15) is 4.79 Å². The zero-order valence-corrected chi connectivity index (χ0v) is 13.6. The quantitative estimate of drug-likeness (QED) is 0.861. The first-order valence-corrected chi connectivity index (χ1v) is 7.96. The first-order valence-electron chi connectivity index (χ1n) is 7.96. The largest absolute Gasteiger partial charge is 0.477 e. The van der Waals surface area contributed by atoms with Gasteiger partial charge in [0.1, 0.15) is 0 Å².